The topological polar surface area (TPSA) is 57.4 Å². The van der Waals surface area contributed by atoms with E-state index in [1.807, 2.05) is 26.8 Å². The van der Waals surface area contributed by atoms with Gasteiger partial charge < -0.3 is 15.2 Å². The van der Waals surface area contributed by atoms with Gasteiger partial charge in [0, 0.05) is 19.7 Å². The van der Waals surface area contributed by atoms with Crippen molar-refractivity contribution in [2.45, 2.75) is 32.8 Å². The van der Waals surface area contributed by atoms with Crippen molar-refractivity contribution < 1.29 is 9.47 Å². The Hall–Kier alpha value is -1.29. The van der Waals surface area contributed by atoms with Gasteiger partial charge in [-0.2, -0.15) is 0 Å². The third-order valence-electron chi connectivity index (χ3n) is 2.67. The normalized spacial score (nSPS) is 11.5. The van der Waals surface area contributed by atoms with Crippen LogP contribution in [0.15, 0.2) is 12.3 Å². The first kappa shape index (κ1) is 12.8. The third kappa shape index (κ3) is 3.38. The second-order valence-electron chi connectivity index (χ2n) is 4.41. The minimum Gasteiger partial charge on any atom is -0.476 e. The van der Waals surface area contributed by atoms with E-state index in [2.05, 4.69) is 4.98 Å². The van der Waals surface area contributed by atoms with E-state index in [0.29, 0.717) is 18.2 Å². The lowest BCUT2D eigenvalue weighted by Gasteiger charge is -2.22. The van der Waals surface area contributed by atoms with Crippen LogP contribution in [0.2, 0.25) is 0 Å². The number of nitrogen functional groups attached to an aromatic ring is 1. The molecule has 0 aliphatic heterocycles. The monoisotopic (exact) mass is 224 g/mol. The molecule has 0 unspecified atom stereocenters. The fraction of sp³-hybridized carbons (Fsp3) is 0.583. The Labute approximate surface area is 96.8 Å². The molecule has 2 N–H and O–H groups in total. The van der Waals surface area contributed by atoms with Gasteiger partial charge in [0.2, 0.25) is 5.88 Å². The van der Waals surface area contributed by atoms with Crippen LogP contribution in [0, 0.1) is 6.92 Å². The molecule has 1 heterocycles. The lowest BCUT2D eigenvalue weighted by atomic mass is 10.1. The highest BCUT2D eigenvalue weighted by Crippen LogP contribution is 2.22. The van der Waals surface area contributed by atoms with Gasteiger partial charge >= 0.3 is 0 Å². The highest BCUT2D eigenvalue weighted by atomic mass is 16.5. The van der Waals surface area contributed by atoms with Crippen molar-refractivity contribution in [1.29, 1.82) is 0 Å². The molecule has 1 aromatic rings. The van der Waals surface area contributed by atoms with Crippen molar-refractivity contribution in [3.05, 3.63) is 17.8 Å². The highest BCUT2D eigenvalue weighted by Gasteiger charge is 2.16. The van der Waals surface area contributed by atoms with Gasteiger partial charge in [-0.15, -0.1) is 0 Å². The Kier molecular flexibility index (Phi) is 4.12. The molecule has 0 aromatic carbocycles. The lowest BCUT2D eigenvalue weighted by Crippen LogP contribution is -2.25. The van der Waals surface area contributed by atoms with E-state index in [-0.39, 0.29) is 5.60 Å². The molecule has 0 radical (unpaired) electrons. The van der Waals surface area contributed by atoms with Crippen LogP contribution in [0.5, 0.6) is 5.88 Å². The van der Waals surface area contributed by atoms with Crippen molar-refractivity contribution >= 4 is 5.69 Å². The first-order valence-corrected chi connectivity index (χ1v) is 5.35. The predicted octanol–water partition coefficient (Wildman–Crippen LogP) is 2.17. The van der Waals surface area contributed by atoms with Crippen LogP contribution in [0.4, 0.5) is 5.69 Å². The molecule has 16 heavy (non-hydrogen) atoms. The highest BCUT2D eigenvalue weighted by molar-refractivity contribution is 5.53. The van der Waals surface area contributed by atoms with Gasteiger partial charge in [0.15, 0.2) is 0 Å². The zero-order valence-electron chi connectivity index (χ0n) is 10.4. The SMILES string of the molecule is COC(C)(C)CCOc1nccc(C)c1N. The number of nitrogens with zero attached hydrogens (tertiary/aromatic N) is 1. The second-order valence-corrected chi connectivity index (χ2v) is 4.41. The van der Waals surface area contributed by atoms with Crippen LogP contribution in [0.3, 0.4) is 0 Å². The number of ether oxygens (including phenoxy) is 2. The molecule has 0 amide bonds. The van der Waals surface area contributed by atoms with Crippen molar-refractivity contribution in [3.8, 4) is 5.88 Å². The zero-order valence-corrected chi connectivity index (χ0v) is 10.4. The average molecular weight is 224 g/mol. The fourth-order valence-corrected chi connectivity index (χ4v) is 1.16. The molecular formula is C12H20N2O2. The van der Waals surface area contributed by atoms with E-state index in [1.165, 1.54) is 0 Å². The number of hydrogen-bond donors (Lipinski definition) is 1. The van der Waals surface area contributed by atoms with Gasteiger partial charge in [0.25, 0.3) is 0 Å². The standard InChI is InChI=1S/C12H20N2O2/c1-9-5-7-14-11(10(9)13)16-8-6-12(2,3)15-4/h5,7H,6,8,13H2,1-4H3. The molecule has 0 fully saturated rings. The Balaban J connectivity index is 2.53. The fourth-order valence-electron chi connectivity index (χ4n) is 1.16. The summed E-state index contributed by atoms with van der Waals surface area (Å²) in [5.41, 5.74) is 7.26. The maximum absolute atomic E-state index is 5.85. The molecular weight excluding hydrogens is 204 g/mol. The summed E-state index contributed by atoms with van der Waals surface area (Å²) in [6.45, 7) is 6.51. The van der Waals surface area contributed by atoms with Crippen molar-refractivity contribution in [1.82, 2.24) is 4.98 Å². The number of anilines is 1. The van der Waals surface area contributed by atoms with Crippen molar-refractivity contribution in [3.63, 3.8) is 0 Å². The van der Waals surface area contributed by atoms with E-state index >= 15 is 0 Å². The number of rotatable bonds is 5. The van der Waals surface area contributed by atoms with E-state index in [4.69, 9.17) is 15.2 Å². The Morgan fingerprint density at radius 3 is 2.75 bits per heavy atom. The van der Waals surface area contributed by atoms with E-state index in [9.17, 15) is 0 Å². The molecule has 1 aromatic heterocycles. The van der Waals surface area contributed by atoms with Crippen LogP contribution >= 0.6 is 0 Å². The van der Waals surface area contributed by atoms with Crippen LogP contribution in [-0.2, 0) is 4.74 Å². The first-order chi connectivity index (χ1) is 7.46. The number of pyridine rings is 1. The molecule has 0 bridgehead atoms. The number of aryl methyl sites for hydroxylation is 1. The largest absolute Gasteiger partial charge is 0.476 e. The summed E-state index contributed by atoms with van der Waals surface area (Å²) in [5.74, 6) is 0.506. The zero-order chi connectivity index (χ0) is 12.2. The Bertz CT molecular complexity index is 351. The second kappa shape index (κ2) is 5.16. The molecule has 4 nitrogen and oxygen atoms in total. The van der Waals surface area contributed by atoms with Gasteiger partial charge in [-0.05, 0) is 32.4 Å². The van der Waals surface area contributed by atoms with Gasteiger partial charge in [0.1, 0.15) is 0 Å². The summed E-state index contributed by atoms with van der Waals surface area (Å²) < 4.78 is 10.8. The van der Waals surface area contributed by atoms with Gasteiger partial charge in [0.05, 0.1) is 17.9 Å². The van der Waals surface area contributed by atoms with Gasteiger partial charge in [-0.25, -0.2) is 4.98 Å². The predicted molar refractivity (Wildman–Crippen MR) is 64.6 cm³/mol. The molecule has 0 saturated heterocycles. The van der Waals surface area contributed by atoms with Crippen LogP contribution in [0.1, 0.15) is 25.8 Å². The van der Waals surface area contributed by atoms with Crippen LogP contribution in [-0.4, -0.2) is 24.3 Å². The van der Waals surface area contributed by atoms with E-state index in [0.717, 1.165) is 12.0 Å². The van der Waals surface area contributed by atoms with Crippen molar-refractivity contribution in [2.24, 2.45) is 0 Å². The Morgan fingerprint density at radius 1 is 1.44 bits per heavy atom. The molecule has 0 atom stereocenters. The molecule has 0 saturated carbocycles. The number of aromatic nitrogens is 1. The minimum atomic E-state index is -0.182. The maximum atomic E-state index is 5.85. The van der Waals surface area contributed by atoms with Crippen molar-refractivity contribution in [2.75, 3.05) is 19.5 Å². The summed E-state index contributed by atoms with van der Waals surface area (Å²) in [5, 5.41) is 0. The van der Waals surface area contributed by atoms with Crippen LogP contribution < -0.4 is 10.5 Å². The molecule has 0 spiro atoms. The number of nitrogens with two attached hydrogens (primary N) is 1. The summed E-state index contributed by atoms with van der Waals surface area (Å²) in [6, 6.07) is 1.86. The molecule has 4 heteroatoms. The maximum Gasteiger partial charge on any atom is 0.237 e. The molecule has 1 rings (SSSR count). The van der Waals surface area contributed by atoms with Crippen LogP contribution in [0.25, 0.3) is 0 Å². The quantitative estimate of drug-likeness (QED) is 0.832. The van der Waals surface area contributed by atoms with Gasteiger partial charge in [-0.1, -0.05) is 0 Å². The molecule has 0 aliphatic carbocycles. The smallest absolute Gasteiger partial charge is 0.237 e. The minimum absolute atomic E-state index is 0.182. The third-order valence-corrected chi connectivity index (χ3v) is 2.67. The number of hydrogen-bond acceptors (Lipinski definition) is 4. The Morgan fingerprint density at radius 2 is 2.12 bits per heavy atom. The summed E-state index contributed by atoms with van der Waals surface area (Å²) in [7, 11) is 1.69. The summed E-state index contributed by atoms with van der Waals surface area (Å²) in [6.07, 6.45) is 2.49. The average Bonchev–Trinajstić information content (AvgIpc) is 2.24. The van der Waals surface area contributed by atoms with E-state index in [1.54, 1.807) is 13.3 Å². The summed E-state index contributed by atoms with van der Waals surface area (Å²) >= 11 is 0. The first-order valence-electron chi connectivity index (χ1n) is 5.35. The summed E-state index contributed by atoms with van der Waals surface area (Å²) in [4.78, 5) is 4.10. The number of methoxy groups -OCH3 is 1. The lowest BCUT2D eigenvalue weighted by molar-refractivity contribution is 0.00515. The molecule has 90 valence electrons. The molecule has 0 aliphatic rings. The van der Waals surface area contributed by atoms with Gasteiger partial charge in [-0.3, -0.25) is 0 Å². The van der Waals surface area contributed by atoms with E-state index < -0.39 is 0 Å².